The molecule has 3 aromatic rings. The van der Waals surface area contributed by atoms with E-state index in [9.17, 15) is 14.4 Å². The molecule has 2 aromatic carbocycles. The van der Waals surface area contributed by atoms with Crippen molar-refractivity contribution in [2.24, 2.45) is 5.41 Å². The second-order valence-corrected chi connectivity index (χ2v) is 9.62. The molecule has 5 rings (SSSR count). The van der Waals surface area contributed by atoms with Crippen LogP contribution in [0.2, 0.25) is 0 Å². The van der Waals surface area contributed by atoms with Gasteiger partial charge in [0.05, 0.1) is 22.9 Å². The maximum absolute atomic E-state index is 13.7. The molecule has 35 heavy (non-hydrogen) atoms. The summed E-state index contributed by atoms with van der Waals surface area (Å²) >= 11 is 0. The predicted octanol–water partition coefficient (Wildman–Crippen LogP) is 4.38. The van der Waals surface area contributed by atoms with Crippen LogP contribution in [0.15, 0.2) is 90.6 Å². The van der Waals surface area contributed by atoms with Crippen LogP contribution in [-0.4, -0.2) is 40.1 Å². The van der Waals surface area contributed by atoms with Crippen LogP contribution in [-0.2, 0) is 19.1 Å². The number of amides is 1. The van der Waals surface area contributed by atoms with Crippen LogP contribution < -0.4 is 0 Å². The van der Waals surface area contributed by atoms with Crippen molar-refractivity contribution in [3.8, 4) is 0 Å². The Hall–Kier alpha value is -4.06. The van der Waals surface area contributed by atoms with E-state index in [1.54, 1.807) is 29.3 Å². The lowest BCUT2D eigenvalue weighted by Crippen LogP contribution is -2.58. The molecular formula is C29H26N2O4. The number of hydrogen-bond acceptors (Lipinski definition) is 5. The number of fused-ring (bicyclic) bond motifs is 1. The van der Waals surface area contributed by atoms with Crippen molar-refractivity contribution in [2.75, 3.05) is 0 Å². The minimum Gasteiger partial charge on any atom is -0.451 e. The van der Waals surface area contributed by atoms with Crippen LogP contribution >= 0.6 is 0 Å². The average molecular weight is 467 g/mol. The zero-order valence-corrected chi connectivity index (χ0v) is 19.6. The molecule has 2 saturated heterocycles. The molecule has 2 atom stereocenters. The predicted molar refractivity (Wildman–Crippen MR) is 131 cm³/mol. The van der Waals surface area contributed by atoms with Crippen LogP contribution in [0.5, 0.6) is 0 Å². The number of aldehydes is 1. The number of ether oxygens (including phenoxy) is 1. The number of β-lactam (4-membered cyclic amide) rings is 1. The number of benzene rings is 2. The number of carbonyl (C=O) groups excluding carboxylic acids is 3. The van der Waals surface area contributed by atoms with E-state index in [2.05, 4.69) is 4.98 Å². The fourth-order valence-electron chi connectivity index (χ4n) is 5.26. The number of hydrogen-bond donors (Lipinski definition) is 0. The summed E-state index contributed by atoms with van der Waals surface area (Å²) in [7, 11) is 0. The Morgan fingerprint density at radius 1 is 1.00 bits per heavy atom. The van der Waals surface area contributed by atoms with Gasteiger partial charge in [-0.1, -0.05) is 80.6 Å². The van der Waals surface area contributed by atoms with Gasteiger partial charge in [-0.05, 0) is 35.1 Å². The molecule has 0 saturated carbocycles. The minimum absolute atomic E-state index is 0.285. The van der Waals surface area contributed by atoms with Crippen molar-refractivity contribution in [1.29, 1.82) is 0 Å². The molecular weight excluding hydrogens is 440 g/mol. The molecule has 2 fully saturated rings. The van der Waals surface area contributed by atoms with Crippen molar-refractivity contribution in [3.05, 3.63) is 107 Å². The van der Waals surface area contributed by atoms with E-state index < -0.39 is 23.5 Å². The number of allylic oxidation sites excluding steroid dienone is 1. The highest BCUT2D eigenvalue weighted by Crippen LogP contribution is 2.51. The van der Waals surface area contributed by atoms with Gasteiger partial charge in [-0.15, -0.1) is 0 Å². The van der Waals surface area contributed by atoms with E-state index in [0.29, 0.717) is 24.0 Å². The Morgan fingerprint density at radius 2 is 1.60 bits per heavy atom. The van der Waals surface area contributed by atoms with Gasteiger partial charge < -0.3 is 9.64 Å². The molecule has 2 aliphatic rings. The number of pyridine rings is 1. The van der Waals surface area contributed by atoms with Crippen molar-refractivity contribution < 1.29 is 19.1 Å². The molecule has 6 heteroatoms. The highest BCUT2D eigenvalue weighted by molar-refractivity contribution is 6.21. The average Bonchev–Trinajstić information content (AvgIpc) is 3.14. The molecule has 6 nitrogen and oxygen atoms in total. The second kappa shape index (κ2) is 8.95. The summed E-state index contributed by atoms with van der Waals surface area (Å²) in [6, 6.07) is 23.3. The Balaban J connectivity index is 1.46. The van der Waals surface area contributed by atoms with Gasteiger partial charge in [-0.3, -0.25) is 14.6 Å². The highest BCUT2D eigenvalue weighted by Gasteiger charge is 2.61. The van der Waals surface area contributed by atoms with Gasteiger partial charge in [-0.2, -0.15) is 0 Å². The fourth-order valence-corrected chi connectivity index (χ4v) is 5.26. The molecule has 0 bridgehead atoms. The summed E-state index contributed by atoms with van der Waals surface area (Å²) in [5.41, 5.74) is 2.34. The molecule has 0 radical (unpaired) electrons. The third-order valence-electron chi connectivity index (χ3n) is 6.88. The minimum atomic E-state index is -0.754. The summed E-state index contributed by atoms with van der Waals surface area (Å²) in [4.78, 5) is 44.8. The van der Waals surface area contributed by atoms with Crippen LogP contribution in [0, 0.1) is 5.41 Å². The van der Waals surface area contributed by atoms with Crippen molar-refractivity contribution in [1.82, 2.24) is 9.88 Å². The molecule has 3 heterocycles. The summed E-state index contributed by atoms with van der Waals surface area (Å²) in [6.07, 6.45) is 2.24. The quantitative estimate of drug-likeness (QED) is 0.233. The van der Waals surface area contributed by atoms with Gasteiger partial charge in [0, 0.05) is 6.20 Å². The number of carbonyl (C=O) groups is 3. The molecule has 0 spiro atoms. The molecule has 0 N–H and O–H groups in total. The molecule has 1 amide bonds. The summed E-state index contributed by atoms with van der Waals surface area (Å²) in [5, 5.41) is 0. The topological polar surface area (TPSA) is 76.6 Å². The number of esters is 1. The summed E-state index contributed by atoms with van der Waals surface area (Å²) in [6.45, 7) is 3.92. The molecule has 1 unspecified atom stereocenters. The van der Waals surface area contributed by atoms with Gasteiger partial charge in [0.1, 0.15) is 6.04 Å². The third-order valence-corrected chi connectivity index (χ3v) is 6.88. The Bertz CT molecular complexity index is 1250. The van der Waals surface area contributed by atoms with E-state index >= 15 is 0 Å². The van der Waals surface area contributed by atoms with Crippen molar-refractivity contribution >= 4 is 23.7 Å². The monoisotopic (exact) mass is 466 g/mol. The van der Waals surface area contributed by atoms with Gasteiger partial charge in [-0.25, -0.2) is 4.79 Å². The maximum Gasteiger partial charge on any atom is 0.330 e. The van der Waals surface area contributed by atoms with E-state index in [1.807, 2.05) is 74.5 Å². The van der Waals surface area contributed by atoms with Gasteiger partial charge in [0.2, 0.25) is 0 Å². The zero-order valence-electron chi connectivity index (χ0n) is 19.6. The molecule has 0 aliphatic carbocycles. The van der Waals surface area contributed by atoms with Crippen LogP contribution in [0.3, 0.4) is 0 Å². The molecule has 176 valence electrons. The van der Waals surface area contributed by atoms with E-state index in [0.717, 1.165) is 11.1 Å². The van der Waals surface area contributed by atoms with Crippen LogP contribution in [0.25, 0.3) is 5.57 Å². The zero-order chi connectivity index (χ0) is 24.6. The first-order chi connectivity index (χ1) is 16.9. The lowest BCUT2D eigenvalue weighted by molar-refractivity contribution is -0.162. The first kappa shape index (κ1) is 22.7. The number of rotatable bonds is 6. The SMILES string of the molecule is CC1(C)CC2/C(=C(/C=O)c3ccccn3)C(=O)N2[C@H]1C(=O)OC(c1ccccc1)c1ccccc1. The van der Waals surface area contributed by atoms with Gasteiger partial charge in [0.25, 0.3) is 5.91 Å². The highest BCUT2D eigenvalue weighted by atomic mass is 16.5. The van der Waals surface area contributed by atoms with E-state index in [4.69, 9.17) is 4.74 Å². The summed E-state index contributed by atoms with van der Waals surface area (Å²) < 4.78 is 6.12. The molecule has 2 aliphatic heterocycles. The third kappa shape index (κ3) is 3.95. The van der Waals surface area contributed by atoms with Crippen LogP contribution in [0.4, 0.5) is 0 Å². The Labute approximate surface area is 204 Å². The fraction of sp³-hybridized carbons (Fsp3) is 0.241. The Morgan fingerprint density at radius 3 is 2.14 bits per heavy atom. The number of nitrogens with zero attached hydrogens (tertiary/aromatic N) is 2. The standard InChI is InChI=1S/C29H26N2O4/c1-29(2)17-23-24(21(18-32)22-15-9-10-16-30-22)27(33)31(23)26(29)28(34)35-25(19-11-5-3-6-12-19)20-13-7-4-8-14-20/h3-16,18,23,25-26H,17H2,1-2H3/b24-21+/t23?,26-/m0/s1. The first-order valence-corrected chi connectivity index (χ1v) is 11.7. The van der Waals surface area contributed by atoms with Crippen molar-refractivity contribution in [3.63, 3.8) is 0 Å². The first-order valence-electron chi connectivity index (χ1n) is 11.7. The second-order valence-electron chi connectivity index (χ2n) is 9.62. The smallest absolute Gasteiger partial charge is 0.330 e. The summed E-state index contributed by atoms with van der Waals surface area (Å²) in [5.74, 6) is -0.764. The van der Waals surface area contributed by atoms with E-state index in [1.165, 1.54) is 0 Å². The molecule has 1 aromatic heterocycles. The number of aromatic nitrogens is 1. The van der Waals surface area contributed by atoms with Gasteiger partial charge in [0.15, 0.2) is 12.4 Å². The van der Waals surface area contributed by atoms with Gasteiger partial charge >= 0.3 is 5.97 Å². The maximum atomic E-state index is 13.7. The van der Waals surface area contributed by atoms with E-state index in [-0.39, 0.29) is 17.5 Å². The van der Waals surface area contributed by atoms with Crippen LogP contribution in [0.1, 0.15) is 43.2 Å². The largest absolute Gasteiger partial charge is 0.451 e. The lowest BCUT2D eigenvalue weighted by Gasteiger charge is -2.41. The lowest BCUT2D eigenvalue weighted by atomic mass is 9.82. The Kier molecular flexibility index (Phi) is 5.81. The van der Waals surface area contributed by atoms with Crippen molar-refractivity contribution in [2.45, 2.75) is 38.5 Å². The normalized spacial score (nSPS) is 21.8.